The largest absolute Gasteiger partial charge is 0.340 e. The molecule has 0 spiro atoms. The maximum absolute atomic E-state index is 12.5. The lowest BCUT2D eigenvalue weighted by molar-refractivity contribution is -0.131. The number of hydrogen-bond acceptors (Lipinski definition) is 4. The molecule has 1 saturated heterocycles. The average Bonchev–Trinajstić information content (AvgIpc) is 2.63. The van der Waals surface area contributed by atoms with Crippen molar-refractivity contribution >= 4 is 15.9 Å². The van der Waals surface area contributed by atoms with Crippen LogP contribution in [0.3, 0.4) is 0 Å². The van der Waals surface area contributed by atoms with Gasteiger partial charge >= 0.3 is 0 Å². The van der Waals surface area contributed by atoms with Gasteiger partial charge in [0.25, 0.3) is 0 Å². The Morgan fingerprint density at radius 3 is 2.28 bits per heavy atom. The number of carbonyl (C=O) groups excluding carboxylic acids is 1. The molecule has 0 N–H and O–H groups in total. The van der Waals surface area contributed by atoms with E-state index in [9.17, 15) is 13.2 Å². The van der Waals surface area contributed by atoms with Gasteiger partial charge in [0.05, 0.1) is 12.2 Å². The van der Waals surface area contributed by atoms with Crippen molar-refractivity contribution < 1.29 is 13.2 Å². The highest BCUT2D eigenvalue weighted by molar-refractivity contribution is 7.88. The molecule has 0 atom stereocenters. The van der Waals surface area contributed by atoms with Gasteiger partial charge in [0.2, 0.25) is 15.9 Å². The van der Waals surface area contributed by atoms with Crippen LogP contribution in [0.25, 0.3) is 0 Å². The summed E-state index contributed by atoms with van der Waals surface area (Å²) in [5.74, 6) is 0.00500. The number of hydrogen-bond donors (Lipinski definition) is 0. The first-order valence-electron chi connectivity index (χ1n) is 8.23. The molecule has 1 aromatic heterocycles. The molecule has 0 saturated carbocycles. The monoisotopic (exact) mass is 359 g/mol. The van der Waals surface area contributed by atoms with Gasteiger partial charge < -0.3 is 4.90 Å². The topological polar surface area (TPSA) is 70.6 Å². The predicted molar refractivity (Wildman–Crippen MR) is 95.2 cm³/mol. The smallest absolute Gasteiger partial charge is 0.227 e. The summed E-state index contributed by atoms with van der Waals surface area (Å²) in [4.78, 5) is 18.1. The summed E-state index contributed by atoms with van der Waals surface area (Å²) in [7, 11) is -3.36. The molecule has 6 nitrogen and oxygen atoms in total. The highest BCUT2D eigenvalue weighted by atomic mass is 32.2. The van der Waals surface area contributed by atoms with Gasteiger partial charge in [-0.25, -0.2) is 8.42 Å². The first-order valence-corrected chi connectivity index (χ1v) is 9.84. The fourth-order valence-corrected chi connectivity index (χ4v) is 4.40. The summed E-state index contributed by atoms with van der Waals surface area (Å²) >= 11 is 0. The summed E-state index contributed by atoms with van der Waals surface area (Å²) in [6.45, 7) is 1.53. The fourth-order valence-electron chi connectivity index (χ4n) is 2.88. The predicted octanol–water partition coefficient (Wildman–Crippen LogP) is 1.30. The number of carbonyl (C=O) groups is 1. The molecule has 25 heavy (non-hydrogen) atoms. The third-order valence-corrected chi connectivity index (χ3v) is 6.10. The van der Waals surface area contributed by atoms with Gasteiger partial charge in [-0.3, -0.25) is 9.78 Å². The van der Waals surface area contributed by atoms with Crippen LogP contribution < -0.4 is 0 Å². The van der Waals surface area contributed by atoms with Gasteiger partial charge in [-0.05, 0) is 17.2 Å². The van der Waals surface area contributed by atoms with Crippen molar-refractivity contribution in [3.05, 3.63) is 66.0 Å². The second kappa shape index (κ2) is 7.76. The standard InChI is InChI=1S/C18H21N3O3S/c22-18(13-17-7-4-8-19-14-17)20-9-11-21(12-10-20)25(23,24)15-16-5-2-1-3-6-16/h1-8,14H,9-13,15H2. The Morgan fingerprint density at radius 1 is 0.960 bits per heavy atom. The van der Waals surface area contributed by atoms with Crippen LogP contribution >= 0.6 is 0 Å². The number of sulfonamides is 1. The zero-order valence-electron chi connectivity index (χ0n) is 13.9. The van der Waals surface area contributed by atoms with E-state index in [0.29, 0.717) is 32.6 Å². The zero-order chi connectivity index (χ0) is 17.7. The van der Waals surface area contributed by atoms with Gasteiger partial charge in [0, 0.05) is 38.6 Å². The van der Waals surface area contributed by atoms with E-state index in [2.05, 4.69) is 4.98 Å². The minimum Gasteiger partial charge on any atom is -0.340 e. The normalized spacial score (nSPS) is 15.9. The van der Waals surface area contributed by atoms with Crippen LogP contribution in [0.1, 0.15) is 11.1 Å². The molecular weight excluding hydrogens is 338 g/mol. The third kappa shape index (κ3) is 4.64. The molecule has 0 radical (unpaired) electrons. The molecule has 0 aliphatic carbocycles. The molecule has 132 valence electrons. The van der Waals surface area contributed by atoms with Gasteiger partial charge in [0.15, 0.2) is 0 Å². The van der Waals surface area contributed by atoms with Crippen LogP contribution in [-0.2, 0) is 27.0 Å². The van der Waals surface area contributed by atoms with Crippen LogP contribution in [0, 0.1) is 0 Å². The Morgan fingerprint density at radius 2 is 1.64 bits per heavy atom. The first-order chi connectivity index (χ1) is 12.0. The van der Waals surface area contributed by atoms with E-state index < -0.39 is 10.0 Å². The first kappa shape index (κ1) is 17.6. The molecule has 0 bridgehead atoms. The lowest BCUT2D eigenvalue weighted by Gasteiger charge is -2.34. The number of benzene rings is 1. The Bertz CT molecular complexity index is 802. The van der Waals surface area contributed by atoms with Crippen LogP contribution in [-0.4, -0.2) is 54.7 Å². The number of piperazine rings is 1. The van der Waals surface area contributed by atoms with E-state index in [1.165, 1.54) is 4.31 Å². The summed E-state index contributed by atoms with van der Waals surface area (Å²) in [5.41, 5.74) is 1.64. The summed E-state index contributed by atoms with van der Waals surface area (Å²) in [6.07, 6.45) is 3.65. The zero-order valence-corrected chi connectivity index (χ0v) is 14.7. The molecule has 1 aliphatic heterocycles. The van der Waals surface area contributed by atoms with E-state index in [1.54, 1.807) is 23.4 Å². The van der Waals surface area contributed by atoms with Crippen LogP contribution in [0.4, 0.5) is 0 Å². The highest BCUT2D eigenvalue weighted by Crippen LogP contribution is 2.14. The number of amides is 1. The Kier molecular flexibility index (Phi) is 5.45. The van der Waals surface area contributed by atoms with Crippen molar-refractivity contribution in [2.45, 2.75) is 12.2 Å². The minimum atomic E-state index is -3.36. The Hall–Kier alpha value is -2.25. The molecule has 7 heteroatoms. The lowest BCUT2D eigenvalue weighted by atomic mass is 10.2. The van der Waals surface area contributed by atoms with E-state index in [1.807, 2.05) is 36.4 Å². The van der Waals surface area contributed by atoms with Crippen LogP contribution in [0.5, 0.6) is 0 Å². The lowest BCUT2D eigenvalue weighted by Crippen LogP contribution is -2.51. The molecule has 2 heterocycles. The van der Waals surface area contributed by atoms with E-state index in [0.717, 1.165) is 11.1 Å². The Labute approximate surface area is 148 Å². The molecule has 2 aromatic rings. The second-order valence-electron chi connectivity index (χ2n) is 6.06. The van der Waals surface area contributed by atoms with Crippen LogP contribution in [0.15, 0.2) is 54.9 Å². The second-order valence-corrected chi connectivity index (χ2v) is 8.03. The summed E-state index contributed by atoms with van der Waals surface area (Å²) in [5, 5.41) is 0. The minimum absolute atomic E-state index is 0.00251. The number of nitrogens with zero attached hydrogens (tertiary/aromatic N) is 3. The molecule has 0 unspecified atom stereocenters. The number of aromatic nitrogens is 1. The summed E-state index contributed by atoms with van der Waals surface area (Å²) < 4.78 is 26.6. The van der Waals surface area contributed by atoms with Crippen molar-refractivity contribution in [1.82, 2.24) is 14.2 Å². The van der Waals surface area contributed by atoms with Crippen molar-refractivity contribution in [3.63, 3.8) is 0 Å². The van der Waals surface area contributed by atoms with Crippen molar-refractivity contribution in [2.24, 2.45) is 0 Å². The summed E-state index contributed by atoms with van der Waals surface area (Å²) in [6, 6.07) is 12.8. The van der Waals surface area contributed by atoms with Gasteiger partial charge in [-0.2, -0.15) is 4.31 Å². The van der Waals surface area contributed by atoms with Gasteiger partial charge in [-0.15, -0.1) is 0 Å². The maximum atomic E-state index is 12.5. The molecule has 3 rings (SSSR count). The average molecular weight is 359 g/mol. The maximum Gasteiger partial charge on any atom is 0.227 e. The quantitative estimate of drug-likeness (QED) is 0.807. The number of pyridine rings is 1. The SMILES string of the molecule is O=C(Cc1cccnc1)N1CCN(S(=O)(=O)Cc2ccccc2)CC1. The molecule has 1 aromatic carbocycles. The van der Waals surface area contributed by atoms with Crippen molar-refractivity contribution in [1.29, 1.82) is 0 Å². The molecular formula is C18H21N3O3S. The molecule has 1 aliphatic rings. The molecule has 1 fully saturated rings. The fraction of sp³-hybridized carbons (Fsp3) is 0.333. The van der Waals surface area contributed by atoms with E-state index in [4.69, 9.17) is 0 Å². The van der Waals surface area contributed by atoms with Gasteiger partial charge in [0.1, 0.15) is 0 Å². The van der Waals surface area contributed by atoms with Crippen molar-refractivity contribution in [3.8, 4) is 0 Å². The highest BCUT2D eigenvalue weighted by Gasteiger charge is 2.28. The van der Waals surface area contributed by atoms with Crippen molar-refractivity contribution in [2.75, 3.05) is 26.2 Å². The van der Waals surface area contributed by atoms with E-state index in [-0.39, 0.29) is 11.7 Å². The van der Waals surface area contributed by atoms with Crippen LogP contribution in [0.2, 0.25) is 0 Å². The van der Waals surface area contributed by atoms with Gasteiger partial charge in [-0.1, -0.05) is 36.4 Å². The van der Waals surface area contributed by atoms with E-state index >= 15 is 0 Å². The number of rotatable bonds is 5. The molecule has 1 amide bonds. The Balaban J connectivity index is 1.55. The third-order valence-electron chi connectivity index (χ3n) is 4.25.